The van der Waals surface area contributed by atoms with Crippen molar-refractivity contribution in [1.29, 1.82) is 0 Å². The monoisotopic (exact) mass is 305 g/mol. The molecule has 0 aliphatic carbocycles. The van der Waals surface area contributed by atoms with E-state index in [-0.39, 0.29) is 12.1 Å². The van der Waals surface area contributed by atoms with Crippen LogP contribution in [-0.2, 0) is 0 Å². The largest absolute Gasteiger partial charge is 0.490 e. The van der Waals surface area contributed by atoms with E-state index >= 15 is 0 Å². The van der Waals surface area contributed by atoms with Crippen LogP contribution < -0.4 is 10.1 Å². The number of nitrogens with one attached hydrogen (secondary N) is 1. The first kappa shape index (κ1) is 16.8. The van der Waals surface area contributed by atoms with E-state index in [4.69, 9.17) is 9.15 Å². The zero-order valence-electron chi connectivity index (χ0n) is 13.9. The van der Waals surface area contributed by atoms with E-state index in [1.54, 1.807) is 0 Å². The average Bonchev–Trinajstić information content (AvgIpc) is 2.89. The molecule has 2 N–H and O–H groups in total. The lowest BCUT2D eigenvalue weighted by Gasteiger charge is -2.17. The van der Waals surface area contributed by atoms with Gasteiger partial charge in [0, 0.05) is 5.39 Å². The van der Waals surface area contributed by atoms with E-state index in [0.717, 1.165) is 35.4 Å². The van der Waals surface area contributed by atoms with Crippen molar-refractivity contribution in [2.24, 2.45) is 5.92 Å². The molecule has 0 fully saturated rings. The van der Waals surface area contributed by atoms with Crippen molar-refractivity contribution >= 4 is 11.0 Å². The molecule has 0 aliphatic heterocycles. The molecule has 2 aromatic rings. The van der Waals surface area contributed by atoms with Crippen molar-refractivity contribution in [3.8, 4) is 5.75 Å². The van der Waals surface area contributed by atoms with Gasteiger partial charge in [-0.15, -0.1) is 0 Å². The van der Waals surface area contributed by atoms with Gasteiger partial charge in [0.25, 0.3) is 0 Å². The number of ether oxygens (including phenoxy) is 1. The maximum atomic E-state index is 9.42. The minimum absolute atomic E-state index is 0.123. The number of rotatable bonds is 8. The van der Waals surface area contributed by atoms with Crippen LogP contribution in [0.3, 0.4) is 0 Å². The Hall–Kier alpha value is -1.52. The Bertz CT molecular complexity index is 591. The quantitative estimate of drug-likeness (QED) is 0.777. The summed E-state index contributed by atoms with van der Waals surface area (Å²) in [5, 5.41) is 14.0. The van der Waals surface area contributed by atoms with E-state index < -0.39 is 0 Å². The van der Waals surface area contributed by atoms with Crippen LogP contribution in [0, 0.1) is 5.92 Å². The summed E-state index contributed by atoms with van der Waals surface area (Å²) in [5.41, 5.74) is 0.810. The number of hydrogen-bond acceptors (Lipinski definition) is 4. The first-order valence-electron chi connectivity index (χ1n) is 8.08. The van der Waals surface area contributed by atoms with E-state index in [1.165, 1.54) is 0 Å². The zero-order valence-corrected chi connectivity index (χ0v) is 13.9. The first-order valence-corrected chi connectivity index (χ1v) is 8.08. The second kappa shape index (κ2) is 7.65. The summed E-state index contributed by atoms with van der Waals surface area (Å²) in [4.78, 5) is 0. The third-order valence-corrected chi connectivity index (χ3v) is 3.77. The SMILES string of the molecule is CCOc1cccc2cc(C(C)NCC(C)CC(C)O)oc12. The Labute approximate surface area is 132 Å². The van der Waals surface area contributed by atoms with Crippen LogP contribution in [-0.4, -0.2) is 24.4 Å². The maximum Gasteiger partial charge on any atom is 0.176 e. The summed E-state index contributed by atoms with van der Waals surface area (Å²) >= 11 is 0. The first-order chi connectivity index (χ1) is 10.5. The van der Waals surface area contributed by atoms with Crippen molar-refractivity contribution in [3.05, 3.63) is 30.0 Å². The highest BCUT2D eigenvalue weighted by Crippen LogP contribution is 2.31. The zero-order chi connectivity index (χ0) is 16.1. The molecular formula is C18H27NO3. The molecule has 122 valence electrons. The fourth-order valence-electron chi connectivity index (χ4n) is 2.68. The van der Waals surface area contributed by atoms with Crippen molar-refractivity contribution in [3.63, 3.8) is 0 Å². The number of furan rings is 1. The molecule has 4 nitrogen and oxygen atoms in total. The number of hydrogen-bond donors (Lipinski definition) is 2. The predicted octanol–water partition coefficient (Wildman–Crippen LogP) is 3.89. The van der Waals surface area contributed by atoms with Crippen molar-refractivity contribution in [2.75, 3.05) is 13.2 Å². The predicted molar refractivity (Wildman–Crippen MR) is 89.3 cm³/mol. The summed E-state index contributed by atoms with van der Waals surface area (Å²) in [6.07, 6.45) is 0.543. The van der Waals surface area contributed by atoms with Gasteiger partial charge in [0.05, 0.1) is 18.8 Å². The van der Waals surface area contributed by atoms with Gasteiger partial charge in [-0.1, -0.05) is 19.1 Å². The summed E-state index contributed by atoms with van der Waals surface area (Å²) in [6, 6.07) is 8.14. The van der Waals surface area contributed by atoms with E-state index in [0.29, 0.717) is 12.5 Å². The Kier molecular flexibility index (Phi) is 5.86. The van der Waals surface area contributed by atoms with Gasteiger partial charge < -0.3 is 19.6 Å². The molecule has 1 heterocycles. The van der Waals surface area contributed by atoms with Gasteiger partial charge in [-0.2, -0.15) is 0 Å². The molecule has 4 heteroatoms. The highest BCUT2D eigenvalue weighted by atomic mass is 16.5. The molecule has 0 bridgehead atoms. The number of aliphatic hydroxyl groups is 1. The second-order valence-electron chi connectivity index (χ2n) is 6.08. The lowest BCUT2D eigenvalue weighted by Crippen LogP contribution is -2.25. The van der Waals surface area contributed by atoms with Gasteiger partial charge in [-0.05, 0) is 51.8 Å². The fourth-order valence-corrected chi connectivity index (χ4v) is 2.68. The molecular weight excluding hydrogens is 278 g/mol. The minimum Gasteiger partial charge on any atom is -0.490 e. The Balaban J connectivity index is 2.05. The van der Waals surface area contributed by atoms with Crippen molar-refractivity contribution in [2.45, 2.75) is 46.3 Å². The van der Waals surface area contributed by atoms with Crippen LogP contribution in [0.25, 0.3) is 11.0 Å². The van der Waals surface area contributed by atoms with E-state index in [2.05, 4.69) is 25.2 Å². The minimum atomic E-state index is -0.257. The normalized spacial score (nSPS) is 15.7. The van der Waals surface area contributed by atoms with Gasteiger partial charge in [0.15, 0.2) is 11.3 Å². The average molecular weight is 305 g/mol. The third kappa shape index (κ3) is 4.24. The van der Waals surface area contributed by atoms with Crippen LogP contribution in [0.4, 0.5) is 0 Å². The molecule has 1 aromatic carbocycles. The van der Waals surface area contributed by atoms with Gasteiger partial charge in [-0.25, -0.2) is 0 Å². The molecule has 0 spiro atoms. The molecule has 3 atom stereocenters. The van der Waals surface area contributed by atoms with Crippen LogP contribution in [0.15, 0.2) is 28.7 Å². The second-order valence-corrected chi connectivity index (χ2v) is 6.08. The molecule has 0 saturated heterocycles. The van der Waals surface area contributed by atoms with Crippen molar-refractivity contribution in [1.82, 2.24) is 5.32 Å². The van der Waals surface area contributed by atoms with Crippen LogP contribution >= 0.6 is 0 Å². The summed E-state index contributed by atoms with van der Waals surface area (Å²) in [6.45, 7) is 9.50. The van der Waals surface area contributed by atoms with Gasteiger partial charge in [-0.3, -0.25) is 0 Å². The number of para-hydroxylation sites is 1. The molecule has 2 rings (SSSR count). The maximum absolute atomic E-state index is 9.42. The third-order valence-electron chi connectivity index (χ3n) is 3.77. The molecule has 0 amide bonds. The van der Waals surface area contributed by atoms with E-state index in [1.807, 2.05) is 32.0 Å². The van der Waals surface area contributed by atoms with Crippen LogP contribution in [0.1, 0.15) is 45.9 Å². The number of aliphatic hydroxyl groups excluding tert-OH is 1. The number of fused-ring (bicyclic) bond motifs is 1. The topological polar surface area (TPSA) is 54.6 Å². The molecule has 1 aromatic heterocycles. The summed E-state index contributed by atoms with van der Waals surface area (Å²) in [7, 11) is 0. The molecule has 3 unspecified atom stereocenters. The standard InChI is InChI=1S/C18H27NO3/c1-5-21-16-8-6-7-15-10-17(22-18(15)16)14(4)19-11-12(2)9-13(3)20/h6-8,10,12-14,19-20H,5,9,11H2,1-4H3. The Morgan fingerprint density at radius 2 is 2.05 bits per heavy atom. The highest BCUT2D eigenvalue weighted by Gasteiger charge is 2.15. The summed E-state index contributed by atoms with van der Waals surface area (Å²) < 4.78 is 11.6. The molecule has 0 radical (unpaired) electrons. The Morgan fingerprint density at radius 1 is 1.27 bits per heavy atom. The highest BCUT2D eigenvalue weighted by molar-refractivity contribution is 5.83. The Morgan fingerprint density at radius 3 is 2.73 bits per heavy atom. The van der Waals surface area contributed by atoms with Gasteiger partial charge >= 0.3 is 0 Å². The summed E-state index contributed by atoms with van der Waals surface area (Å²) in [5.74, 6) is 2.12. The van der Waals surface area contributed by atoms with Crippen molar-refractivity contribution < 1.29 is 14.3 Å². The smallest absolute Gasteiger partial charge is 0.176 e. The fraction of sp³-hybridized carbons (Fsp3) is 0.556. The lowest BCUT2D eigenvalue weighted by molar-refractivity contribution is 0.162. The molecule has 22 heavy (non-hydrogen) atoms. The van der Waals surface area contributed by atoms with Crippen LogP contribution in [0.2, 0.25) is 0 Å². The van der Waals surface area contributed by atoms with E-state index in [9.17, 15) is 5.11 Å². The van der Waals surface area contributed by atoms with Gasteiger partial charge in [0.2, 0.25) is 0 Å². The molecule has 0 aliphatic rings. The van der Waals surface area contributed by atoms with Gasteiger partial charge in [0.1, 0.15) is 5.76 Å². The van der Waals surface area contributed by atoms with Crippen LogP contribution in [0.5, 0.6) is 5.75 Å². The molecule has 0 saturated carbocycles. The number of benzene rings is 1. The lowest BCUT2D eigenvalue weighted by atomic mass is 10.0.